The Kier molecular flexibility index (Phi) is 17.3. The first-order valence-electron chi connectivity index (χ1n) is 22.5. The van der Waals surface area contributed by atoms with Crippen molar-refractivity contribution in [1.29, 1.82) is 0 Å². The molecule has 4 rings (SSSR count). The molecular weight excluding hydrogens is 773 g/mol. The van der Waals surface area contributed by atoms with Crippen LogP contribution >= 0.6 is 0 Å². The van der Waals surface area contributed by atoms with Gasteiger partial charge in [-0.2, -0.15) is 0 Å². The fourth-order valence-corrected chi connectivity index (χ4v) is 8.90. The number of fused-ring (bicyclic) bond motifs is 3. The molecule has 0 saturated carbocycles. The Labute approximate surface area is 355 Å². The largest absolute Gasteiger partial charge is 0.391 e. The Balaban J connectivity index is 1.79. The quantitative estimate of drug-likeness (QED) is 0.194. The van der Waals surface area contributed by atoms with Crippen LogP contribution in [0.2, 0.25) is 0 Å². The second-order valence-corrected chi connectivity index (χ2v) is 18.1. The second-order valence-electron chi connectivity index (χ2n) is 18.1. The van der Waals surface area contributed by atoms with Crippen LogP contribution in [0.25, 0.3) is 0 Å². The summed E-state index contributed by atoms with van der Waals surface area (Å²) in [5, 5.41) is 25.1. The first-order chi connectivity index (χ1) is 28.4. The van der Waals surface area contributed by atoms with E-state index in [1.54, 1.807) is 6.92 Å². The van der Waals surface area contributed by atoms with Crippen LogP contribution in [0.4, 0.5) is 0 Å². The number of nitrogens with one attached hydrogen (secondary N) is 5. The number of hydrogen-bond donors (Lipinski definition) is 6. The molecule has 0 radical (unpaired) electrons. The van der Waals surface area contributed by atoms with E-state index in [-0.39, 0.29) is 56.1 Å². The highest BCUT2D eigenvalue weighted by atomic mass is 16.3. The zero-order valence-corrected chi connectivity index (χ0v) is 37.3. The summed E-state index contributed by atoms with van der Waals surface area (Å²) in [6.07, 6.45) is 2.85. The summed E-state index contributed by atoms with van der Waals surface area (Å²) in [5.74, 6) is -5.62. The van der Waals surface area contributed by atoms with E-state index in [0.717, 1.165) is 0 Å². The molecule has 8 amide bonds. The molecule has 0 unspecified atom stereocenters. The van der Waals surface area contributed by atoms with Gasteiger partial charge in [0.05, 0.1) is 6.10 Å². The number of carbonyl (C=O) groups is 8. The van der Waals surface area contributed by atoms with Crippen LogP contribution in [-0.4, -0.2) is 141 Å². The molecule has 338 valence electrons. The third-order valence-electron chi connectivity index (χ3n) is 13.2. The van der Waals surface area contributed by atoms with Crippen molar-refractivity contribution < 1.29 is 43.5 Å². The van der Waals surface area contributed by atoms with Crippen LogP contribution in [0.1, 0.15) is 127 Å². The Morgan fingerprint density at radius 1 is 0.483 bits per heavy atom. The lowest BCUT2D eigenvalue weighted by atomic mass is 9.93. The molecule has 4 aliphatic heterocycles. The van der Waals surface area contributed by atoms with Crippen molar-refractivity contribution in [2.75, 3.05) is 19.6 Å². The highest BCUT2D eigenvalue weighted by Crippen LogP contribution is 2.28. The summed E-state index contributed by atoms with van der Waals surface area (Å²) in [5.41, 5.74) is 0. The number of aliphatic hydroxyl groups excluding tert-OH is 1. The Hall–Kier alpha value is -4.28. The number of carbonyl (C=O) groups excluding carboxylic acids is 8. The lowest BCUT2D eigenvalue weighted by Crippen LogP contribution is -2.63. The van der Waals surface area contributed by atoms with E-state index < -0.39 is 102 Å². The number of rotatable bonds is 9. The van der Waals surface area contributed by atoms with Crippen molar-refractivity contribution >= 4 is 47.3 Å². The maximum atomic E-state index is 14.4. The molecule has 6 N–H and O–H groups in total. The lowest BCUT2D eigenvalue weighted by Gasteiger charge is -2.35. The molecule has 0 spiro atoms. The monoisotopic (exact) mass is 845 g/mol. The minimum Gasteiger partial charge on any atom is -0.391 e. The van der Waals surface area contributed by atoms with Gasteiger partial charge in [-0.25, -0.2) is 0 Å². The van der Waals surface area contributed by atoms with Crippen LogP contribution in [-0.2, 0) is 38.4 Å². The fraction of sp³-hybridized carbons (Fsp3) is 0.814. The van der Waals surface area contributed by atoms with Gasteiger partial charge >= 0.3 is 0 Å². The standard InChI is InChI=1S/C43H72N8O9/c1-10-24(6)32-38(55)44-28(22-23(4)5)41(58)51-21-15-18-31(51)42(59)49-19-13-16-29(49)37(54)48-35(27(9)52)43(60)50-20-14-17-30(50)36(53)45-33(25(7)11-2)39(56)47-34(26(8)12-3)40(57)46-32/h23-35,52H,10-22H2,1-9H3,(H,44,55)(H,45,53)(H,46,57)(H,47,56)(H,48,54)/t24-,25-,26-,27+,28-,29-,30-,31-,32-,33-,34-,35-/m0/s1. The van der Waals surface area contributed by atoms with Crippen LogP contribution in [0, 0.1) is 23.7 Å². The molecule has 0 bridgehead atoms. The smallest absolute Gasteiger partial charge is 0.248 e. The Morgan fingerprint density at radius 2 is 0.833 bits per heavy atom. The number of aliphatic hydroxyl groups is 1. The molecule has 4 heterocycles. The van der Waals surface area contributed by atoms with E-state index in [1.165, 1.54) is 21.6 Å². The van der Waals surface area contributed by atoms with E-state index in [0.29, 0.717) is 51.4 Å². The summed E-state index contributed by atoms with van der Waals surface area (Å²) in [6, 6.07) is -8.54. The zero-order chi connectivity index (χ0) is 44.6. The molecule has 0 aromatic rings. The summed E-state index contributed by atoms with van der Waals surface area (Å²) in [6.45, 7) is 17.0. The van der Waals surface area contributed by atoms with Crippen molar-refractivity contribution in [3.8, 4) is 0 Å². The van der Waals surface area contributed by atoms with Crippen molar-refractivity contribution in [3.63, 3.8) is 0 Å². The van der Waals surface area contributed by atoms with E-state index >= 15 is 0 Å². The number of amides is 8. The van der Waals surface area contributed by atoms with Gasteiger partial charge in [0, 0.05) is 19.6 Å². The molecule has 4 fully saturated rings. The summed E-state index contributed by atoms with van der Waals surface area (Å²) < 4.78 is 0. The molecule has 60 heavy (non-hydrogen) atoms. The summed E-state index contributed by atoms with van der Waals surface area (Å²) in [4.78, 5) is 118. The predicted octanol–water partition coefficient (Wildman–Crippen LogP) is 0.962. The van der Waals surface area contributed by atoms with Crippen molar-refractivity contribution in [1.82, 2.24) is 41.3 Å². The molecule has 0 aromatic heterocycles. The first kappa shape index (κ1) is 48.4. The molecule has 0 aromatic carbocycles. The van der Waals surface area contributed by atoms with Crippen LogP contribution in [0.15, 0.2) is 0 Å². The van der Waals surface area contributed by atoms with Gasteiger partial charge in [0.25, 0.3) is 0 Å². The first-order valence-corrected chi connectivity index (χ1v) is 22.5. The van der Waals surface area contributed by atoms with Gasteiger partial charge in [-0.1, -0.05) is 74.7 Å². The SMILES string of the molecule is CC[C@H](C)[C@@H]1NC(=O)[C@H]([C@@H](C)CC)NC(=O)[C@H]([C@@H](C)CC)NC(=O)[C@@H]2CCCN2C(=O)[C@H]([C@@H](C)O)NC(=O)[C@@H]2CCCN2C(=O)[C@@H]2CCCN2C(=O)[C@H](CC(C)C)NC1=O. The summed E-state index contributed by atoms with van der Waals surface area (Å²) in [7, 11) is 0. The average Bonchev–Trinajstić information content (AvgIpc) is 4.02. The maximum Gasteiger partial charge on any atom is 0.248 e. The van der Waals surface area contributed by atoms with Crippen molar-refractivity contribution in [2.45, 2.75) is 181 Å². The molecule has 17 nitrogen and oxygen atoms in total. The molecule has 0 aliphatic carbocycles. The minimum absolute atomic E-state index is 0.0319. The topological polar surface area (TPSA) is 227 Å². The van der Waals surface area contributed by atoms with Crippen LogP contribution in [0.3, 0.4) is 0 Å². The van der Waals surface area contributed by atoms with Gasteiger partial charge in [0.1, 0.15) is 48.3 Å². The zero-order valence-electron chi connectivity index (χ0n) is 37.3. The fourth-order valence-electron chi connectivity index (χ4n) is 8.90. The van der Waals surface area contributed by atoms with E-state index in [2.05, 4.69) is 26.6 Å². The highest BCUT2D eigenvalue weighted by molar-refractivity contribution is 5.99. The lowest BCUT2D eigenvalue weighted by molar-refractivity contribution is -0.149. The Morgan fingerprint density at radius 3 is 1.23 bits per heavy atom. The maximum absolute atomic E-state index is 14.4. The van der Waals surface area contributed by atoms with Crippen LogP contribution < -0.4 is 26.6 Å². The second kappa shape index (κ2) is 21.5. The Bertz CT molecular complexity index is 1590. The normalized spacial score (nSPS) is 31.6. The van der Waals surface area contributed by atoms with Crippen molar-refractivity contribution in [2.24, 2.45) is 23.7 Å². The third-order valence-corrected chi connectivity index (χ3v) is 13.2. The van der Waals surface area contributed by atoms with Gasteiger partial charge in [0.15, 0.2) is 0 Å². The van der Waals surface area contributed by atoms with Gasteiger partial charge in [-0.05, 0) is 75.5 Å². The highest BCUT2D eigenvalue weighted by Gasteiger charge is 2.46. The van der Waals surface area contributed by atoms with E-state index in [9.17, 15) is 43.5 Å². The van der Waals surface area contributed by atoms with Gasteiger partial charge in [-0.3, -0.25) is 38.4 Å². The van der Waals surface area contributed by atoms with Gasteiger partial charge < -0.3 is 46.4 Å². The molecule has 4 saturated heterocycles. The number of nitrogens with zero attached hydrogens (tertiary/aromatic N) is 3. The van der Waals surface area contributed by atoms with E-state index in [1.807, 2.05) is 48.5 Å². The molecular formula is C43H72N8O9. The molecule has 12 atom stereocenters. The van der Waals surface area contributed by atoms with Crippen molar-refractivity contribution in [3.05, 3.63) is 0 Å². The summed E-state index contributed by atoms with van der Waals surface area (Å²) >= 11 is 0. The third kappa shape index (κ3) is 11.1. The van der Waals surface area contributed by atoms with Gasteiger partial charge in [-0.15, -0.1) is 0 Å². The van der Waals surface area contributed by atoms with Gasteiger partial charge in [0.2, 0.25) is 47.3 Å². The number of hydrogen-bond acceptors (Lipinski definition) is 9. The predicted molar refractivity (Wildman–Crippen MR) is 223 cm³/mol. The molecule has 4 aliphatic rings. The average molecular weight is 845 g/mol. The van der Waals surface area contributed by atoms with E-state index in [4.69, 9.17) is 0 Å². The minimum atomic E-state index is -1.43. The molecule has 17 heteroatoms. The van der Waals surface area contributed by atoms with Crippen LogP contribution in [0.5, 0.6) is 0 Å².